The van der Waals surface area contributed by atoms with Gasteiger partial charge in [-0.1, -0.05) is 29.8 Å². The standard InChI is InChI=1S/C14H11ClO3S/c1-8(14(17)18)10-5-4-9(7-11(10)15)13(16)12-3-2-6-19-12/h2-8H,1H3,(H,17,18). The van der Waals surface area contributed by atoms with Crippen molar-refractivity contribution in [1.29, 1.82) is 0 Å². The van der Waals surface area contributed by atoms with Gasteiger partial charge in [-0.15, -0.1) is 11.3 Å². The summed E-state index contributed by atoms with van der Waals surface area (Å²) in [5.74, 6) is -1.75. The van der Waals surface area contributed by atoms with Crippen LogP contribution in [0.4, 0.5) is 0 Å². The smallest absolute Gasteiger partial charge is 0.310 e. The second kappa shape index (κ2) is 5.55. The van der Waals surface area contributed by atoms with Crippen LogP contribution >= 0.6 is 22.9 Å². The summed E-state index contributed by atoms with van der Waals surface area (Å²) in [7, 11) is 0. The van der Waals surface area contributed by atoms with Gasteiger partial charge < -0.3 is 5.11 Å². The van der Waals surface area contributed by atoms with Crippen molar-refractivity contribution in [2.75, 3.05) is 0 Å². The number of rotatable bonds is 4. The van der Waals surface area contributed by atoms with E-state index in [9.17, 15) is 9.59 Å². The van der Waals surface area contributed by atoms with E-state index in [-0.39, 0.29) is 5.78 Å². The Morgan fingerprint density at radius 2 is 2.05 bits per heavy atom. The summed E-state index contributed by atoms with van der Waals surface area (Å²) in [6.07, 6.45) is 0. The third kappa shape index (κ3) is 2.85. The molecule has 0 aliphatic rings. The van der Waals surface area contributed by atoms with Crippen LogP contribution in [-0.4, -0.2) is 16.9 Å². The van der Waals surface area contributed by atoms with Crippen LogP contribution in [-0.2, 0) is 4.79 Å². The molecule has 0 bridgehead atoms. The summed E-state index contributed by atoms with van der Waals surface area (Å²) in [5.41, 5.74) is 0.977. The summed E-state index contributed by atoms with van der Waals surface area (Å²) in [5, 5.41) is 11.1. The molecule has 3 nitrogen and oxygen atoms in total. The Hall–Kier alpha value is -1.65. The molecule has 1 unspecified atom stereocenters. The molecular formula is C14H11ClO3S. The van der Waals surface area contributed by atoms with Crippen molar-refractivity contribution in [2.24, 2.45) is 0 Å². The monoisotopic (exact) mass is 294 g/mol. The van der Waals surface area contributed by atoms with Crippen LogP contribution in [0, 0.1) is 0 Å². The third-order valence-corrected chi connectivity index (χ3v) is 4.04. The van der Waals surface area contributed by atoms with Crippen LogP contribution in [0.5, 0.6) is 0 Å². The fourth-order valence-corrected chi connectivity index (χ4v) is 2.73. The van der Waals surface area contributed by atoms with Gasteiger partial charge in [0.25, 0.3) is 0 Å². The highest BCUT2D eigenvalue weighted by Crippen LogP contribution is 2.27. The van der Waals surface area contributed by atoms with Crippen molar-refractivity contribution >= 4 is 34.7 Å². The van der Waals surface area contributed by atoms with Gasteiger partial charge in [0.05, 0.1) is 10.8 Å². The molecule has 0 amide bonds. The maximum atomic E-state index is 12.1. The van der Waals surface area contributed by atoms with Gasteiger partial charge in [0.1, 0.15) is 0 Å². The van der Waals surface area contributed by atoms with Crippen LogP contribution in [0.2, 0.25) is 5.02 Å². The average molecular weight is 295 g/mol. The van der Waals surface area contributed by atoms with E-state index in [0.29, 0.717) is 21.0 Å². The molecule has 1 aromatic heterocycles. The van der Waals surface area contributed by atoms with Gasteiger partial charge in [-0.05, 0) is 30.0 Å². The maximum Gasteiger partial charge on any atom is 0.310 e. The number of carbonyl (C=O) groups is 2. The van der Waals surface area contributed by atoms with E-state index in [0.717, 1.165) is 0 Å². The molecular weight excluding hydrogens is 284 g/mol. The minimum atomic E-state index is -0.945. The van der Waals surface area contributed by atoms with Gasteiger partial charge in [0.2, 0.25) is 5.78 Å². The Morgan fingerprint density at radius 3 is 2.58 bits per heavy atom. The van der Waals surface area contributed by atoms with Crippen LogP contribution in [0.15, 0.2) is 35.7 Å². The lowest BCUT2D eigenvalue weighted by Crippen LogP contribution is -2.08. The number of aliphatic carboxylic acids is 1. The Bertz CT molecular complexity index is 620. The fourth-order valence-electron chi connectivity index (χ4n) is 1.70. The van der Waals surface area contributed by atoms with E-state index in [1.807, 2.05) is 5.38 Å². The van der Waals surface area contributed by atoms with Crippen molar-refractivity contribution in [3.8, 4) is 0 Å². The Morgan fingerprint density at radius 1 is 1.32 bits per heavy atom. The molecule has 0 fully saturated rings. The number of benzene rings is 1. The lowest BCUT2D eigenvalue weighted by molar-refractivity contribution is -0.138. The first-order valence-electron chi connectivity index (χ1n) is 5.61. The van der Waals surface area contributed by atoms with E-state index in [1.165, 1.54) is 17.4 Å². The van der Waals surface area contributed by atoms with Gasteiger partial charge in [-0.3, -0.25) is 9.59 Å². The molecule has 0 radical (unpaired) electrons. The fraction of sp³-hybridized carbons (Fsp3) is 0.143. The molecule has 1 aromatic carbocycles. The predicted octanol–water partition coefficient (Wildman–Crippen LogP) is 3.82. The Balaban J connectivity index is 2.34. The van der Waals surface area contributed by atoms with Crippen LogP contribution in [0.25, 0.3) is 0 Å². The lowest BCUT2D eigenvalue weighted by Gasteiger charge is -2.10. The number of carboxylic acids is 1. The lowest BCUT2D eigenvalue weighted by atomic mass is 9.98. The first-order chi connectivity index (χ1) is 9.00. The Labute approximate surface area is 119 Å². The SMILES string of the molecule is CC(C(=O)O)c1ccc(C(=O)c2cccs2)cc1Cl. The molecule has 0 spiro atoms. The number of ketones is 1. The molecule has 0 aliphatic heterocycles. The summed E-state index contributed by atoms with van der Waals surface area (Å²) >= 11 is 7.42. The van der Waals surface area contributed by atoms with Crippen LogP contribution < -0.4 is 0 Å². The molecule has 1 heterocycles. The van der Waals surface area contributed by atoms with Gasteiger partial charge in [0, 0.05) is 10.6 Å². The molecule has 2 rings (SSSR count). The van der Waals surface area contributed by atoms with Gasteiger partial charge >= 0.3 is 5.97 Å². The molecule has 2 aromatic rings. The van der Waals surface area contributed by atoms with Gasteiger partial charge in [-0.25, -0.2) is 0 Å². The first kappa shape index (κ1) is 13.8. The largest absolute Gasteiger partial charge is 0.481 e. The van der Waals surface area contributed by atoms with E-state index < -0.39 is 11.9 Å². The van der Waals surface area contributed by atoms with Gasteiger partial charge in [-0.2, -0.15) is 0 Å². The second-order valence-corrected chi connectivity index (χ2v) is 5.46. The minimum absolute atomic E-state index is 0.105. The number of halogens is 1. The van der Waals surface area contributed by atoms with E-state index in [2.05, 4.69) is 0 Å². The molecule has 0 saturated carbocycles. The average Bonchev–Trinajstić information content (AvgIpc) is 2.90. The maximum absolute atomic E-state index is 12.1. The normalized spacial score (nSPS) is 12.1. The van der Waals surface area contributed by atoms with Crippen molar-refractivity contribution in [3.63, 3.8) is 0 Å². The van der Waals surface area contributed by atoms with E-state index >= 15 is 0 Å². The third-order valence-electron chi connectivity index (χ3n) is 2.84. The highest BCUT2D eigenvalue weighted by molar-refractivity contribution is 7.12. The number of carbonyl (C=O) groups excluding carboxylic acids is 1. The summed E-state index contributed by atoms with van der Waals surface area (Å²) in [6, 6.07) is 8.29. The van der Waals surface area contributed by atoms with Crippen molar-refractivity contribution < 1.29 is 14.7 Å². The summed E-state index contributed by atoms with van der Waals surface area (Å²) in [4.78, 5) is 23.7. The molecule has 5 heteroatoms. The summed E-state index contributed by atoms with van der Waals surface area (Å²) in [6.45, 7) is 1.56. The quantitative estimate of drug-likeness (QED) is 0.872. The molecule has 19 heavy (non-hydrogen) atoms. The first-order valence-corrected chi connectivity index (χ1v) is 6.87. The Kier molecular flexibility index (Phi) is 4.02. The van der Waals surface area contributed by atoms with Crippen molar-refractivity contribution in [1.82, 2.24) is 0 Å². The zero-order valence-corrected chi connectivity index (χ0v) is 11.7. The molecule has 0 aliphatic carbocycles. The van der Waals surface area contributed by atoms with Crippen molar-refractivity contribution in [3.05, 3.63) is 56.7 Å². The highest BCUT2D eigenvalue weighted by atomic mass is 35.5. The minimum Gasteiger partial charge on any atom is -0.481 e. The molecule has 1 atom stereocenters. The number of thiophene rings is 1. The van der Waals surface area contributed by atoms with Gasteiger partial charge in [0.15, 0.2) is 0 Å². The topological polar surface area (TPSA) is 54.4 Å². The zero-order valence-electron chi connectivity index (χ0n) is 10.1. The van der Waals surface area contributed by atoms with Crippen molar-refractivity contribution in [2.45, 2.75) is 12.8 Å². The number of carboxylic acid groups (broad SMARTS) is 1. The molecule has 98 valence electrons. The number of hydrogen-bond acceptors (Lipinski definition) is 3. The number of hydrogen-bond donors (Lipinski definition) is 1. The van der Waals surface area contributed by atoms with Crippen LogP contribution in [0.3, 0.4) is 0 Å². The zero-order chi connectivity index (χ0) is 14.0. The van der Waals surface area contributed by atoms with Crippen LogP contribution in [0.1, 0.15) is 33.6 Å². The predicted molar refractivity (Wildman–Crippen MR) is 75.3 cm³/mol. The molecule has 0 saturated heterocycles. The van der Waals surface area contributed by atoms with E-state index in [4.69, 9.17) is 16.7 Å². The molecule has 1 N–H and O–H groups in total. The summed E-state index contributed by atoms with van der Waals surface area (Å²) < 4.78 is 0. The second-order valence-electron chi connectivity index (χ2n) is 4.10. The van der Waals surface area contributed by atoms with E-state index in [1.54, 1.807) is 31.2 Å². The highest BCUT2D eigenvalue weighted by Gasteiger charge is 2.18.